The minimum atomic E-state index is -4.08. The second-order valence-electron chi connectivity index (χ2n) is 5.03. The molecule has 2 N–H and O–H groups in total. The van der Waals surface area contributed by atoms with E-state index in [0.29, 0.717) is 32.1 Å². The summed E-state index contributed by atoms with van der Waals surface area (Å²) in [4.78, 5) is 3.66. The third kappa shape index (κ3) is 5.70. The molecule has 1 rings (SSSR count). The summed E-state index contributed by atoms with van der Waals surface area (Å²) in [5.41, 5.74) is 5.78. The molecule has 2 atom stereocenters. The summed E-state index contributed by atoms with van der Waals surface area (Å²) in [7, 11) is 0. The second kappa shape index (κ2) is 6.02. The topological polar surface area (TPSA) is 32.5 Å². The molecule has 17 heavy (non-hydrogen) atoms. The average Bonchev–Trinajstić information content (AvgIpc) is 2.18. The minimum absolute atomic E-state index is 0.128. The summed E-state index contributed by atoms with van der Waals surface area (Å²) in [6.45, 7) is 6.51. The lowest BCUT2D eigenvalue weighted by atomic mass is 10.0. The lowest BCUT2D eigenvalue weighted by molar-refractivity contribution is -0.149. The zero-order valence-electron chi connectivity index (χ0n) is 10.5. The van der Waals surface area contributed by atoms with Crippen LogP contribution in [0.1, 0.15) is 13.8 Å². The number of piperazine rings is 1. The normalized spacial score (nSPS) is 23.6. The smallest absolute Gasteiger partial charge is 0.328 e. The van der Waals surface area contributed by atoms with Crippen LogP contribution in [0.25, 0.3) is 0 Å². The Labute approximate surface area is 101 Å². The number of halogens is 3. The van der Waals surface area contributed by atoms with Crippen LogP contribution in [0.15, 0.2) is 0 Å². The van der Waals surface area contributed by atoms with E-state index in [2.05, 4.69) is 11.8 Å². The molecule has 0 aromatic heterocycles. The molecule has 1 heterocycles. The van der Waals surface area contributed by atoms with Crippen LogP contribution >= 0.6 is 0 Å². The first-order valence-electron chi connectivity index (χ1n) is 6.05. The van der Waals surface area contributed by atoms with Crippen LogP contribution in [0, 0.1) is 5.92 Å². The monoisotopic (exact) mass is 253 g/mol. The SMILES string of the molecule is CC(N)C(C)CN1CCN(CC(F)(F)F)CC1. The highest BCUT2D eigenvalue weighted by molar-refractivity contribution is 4.76. The van der Waals surface area contributed by atoms with Gasteiger partial charge in [0.1, 0.15) is 0 Å². The Morgan fingerprint density at radius 1 is 1.06 bits per heavy atom. The summed E-state index contributed by atoms with van der Waals surface area (Å²) in [5, 5.41) is 0. The van der Waals surface area contributed by atoms with Gasteiger partial charge in [0.2, 0.25) is 0 Å². The molecule has 0 bridgehead atoms. The van der Waals surface area contributed by atoms with Gasteiger partial charge in [0.25, 0.3) is 0 Å². The largest absolute Gasteiger partial charge is 0.401 e. The molecule has 3 nitrogen and oxygen atoms in total. The van der Waals surface area contributed by atoms with E-state index in [-0.39, 0.29) is 6.04 Å². The standard InChI is InChI=1S/C11H22F3N3/c1-9(10(2)15)7-16-3-5-17(6-4-16)8-11(12,13)14/h9-10H,3-8,15H2,1-2H3. The zero-order chi connectivity index (χ0) is 13.1. The van der Waals surface area contributed by atoms with Crippen LogP contribution in [-0.2, 0) is 0 Å². The maximum atomic E-state index is 12.2. The van der Waals surface area contributed by atoms with Crippen LogP contribution in [0.2, 0.25) is 0 Å². The molecule has 0 aromatic rings. The molecular weight excluding hydrogens is 231 g/mol. The van der Waals surface area contributed by atoms with Gasteiger partial charge in [-0.2, -0.15) is 13.2 Å². The maximum Gasteiger partial charge on any atom is 0.401 e. The van der Waals surface area contributed by atoms with Gasteiger partial charge in [-0.1, -0.05) is 6.92 Å². The number of nitrogens with two attached hydrogens (primary N) is 1. The number of alkyl halides is 3. The maximum absolute atomic E-state index is 12.2. The van der Waals surface area contributed by atoms with Gasteiger partial charge >= 0.3 is 6.18 Å². The lowest BCUT2D eigenvalue weighted by Gasteiger charge is -2.36. The Bertz CT molecular complexity index is 222. The fraction of sp³-hybridized carbons (Fsp3) is 1.00. The van der Waals surface area contributed by atoms with Crippen molar-refractivity contribution in [2.45, 2.75) is 26.1 Å². The molecule has 1 saturated heterocycles. The second-order valence-corrected chi connectivity index (χ2v) is 5.03. The molecule has 0 aromatic carbocycles. The van der Waals surface area contributed by atoms with Crippen LogP contribution in [-0.4, -0.2) is 61.3 Å². The molecule has 0 aliphatic carbocycles. The average molecular weight is 253 g/mol. The number of hydrogen-bond acceptors (Lipinski definition) is 3. The summed E-state index contributed by atoms with van der Waals surface area (Å²) in [5.74, 6) is 0.379. The highest BCUT2D eigenvalue weighted by Gasteiger charge is 2.32. The van der Waals surface area contributed by atoms with Crippen molar-refractivity contribution in [3.05, 3.63) is 0 Å². The molecule has 0 spiro atoms. The van der Waals surface area contributed by atoms with Gasteiger partial charge in [-0.05, 0) is 12.8 Å². The molecule has 102 valence electrons. The summed E-state index contributed by atoms with van der Waals surface area (Å²) < 4.78 is 36.5. The molecule has 0 amide bonds. The van der Waals surface area contributed by atoms with E-state index in [0.717, 1.165) is 6.54 Å². The van der Waals surface area contributed by atoms with E-state index < -0.39 is 12.7 Å². The van der Waals surface area contributed by atoms with E-state index in [1.807, 2.05) is 6.92 Å². The van der Waals surface area contributed by atoms with Gasteiger partial charge in [0, 0.05) is 38.8 Å². The van der Waals surface area contributed by atoms with E-state index in [1.54, 1.807) is 0 Å². The summed E-state index contributed by atoms with van der Waals surface area (Å²) in [6.07, 6.45) is -4.08. The number of hydrogen-bond donors (Lipinski definition) is 1. The Morgan fingerprint density at radius 3 is 1.94 bits per heavy atom. The first-order valence-corrected chi connectivity index (χ1v) is 6.05. The fourth-order valence-corrected chi connectivity index (χ4v) is 1.96. The van der Waals surface area contributed by atoms with Crippen molar-refractivity contribution >= 4 is 0 Å². The Morgan fingerprint density at radius 2 is 1.53 bits per heavy atom. The van der Waals surface area contributed by atoms with Gasteiger partial charge in [-0.25, -0.2) is 0 Å². The Hall–Kier alpha value is -0.330. The van der Waals surface area contributed by atoms with Crippen molar-refractivity contribution < 1.29 is 13.2 Å². The molecule has 0 saturated carbocycles. The third-order valence-corrected chi connectivity index (χ3v) is 3.31. The Kier molecular flexibility index (Phi) is 5.22. The van der Waals surface area contributed by atoms with Crippen molar-refractivity contribution in [1.82, 2.24) is 9.80 Å². The third-order valence-electron chi connectivity index (χ3n) is 3.31. The molecule has 1 aliphatic rings. The van der Waals surface area contributed by atoms with Gasteiger partial charge in [-0.3, -0.25) is 4.90 Å². The van der Waals surface area contributed by atoms with E-state index in [1.165, 1.54) is 4.90 Å². The Balaban J connectivity index is 2.26. The first kappa shape index (κ1) is 14.7. The van der Waals surface area contributed by atoms with E-state index in [4.69, 9.17) is 5.73 Å². The molecule has 0 radical (unpaired) electrons. The van der Waals surface area contributed by atoms with Crippen molar-refractivity contribution in [2.75, 3.05) is 39.3 Å². The predicted molar refractivity (Wildman–Crippen MR) is 61.7 cm³/mol. The minimum Gasteiger partial charge on any atom is -0.328 e. The fourth-order valence-electron chi connectivity index (χ4n) is 1.96. The highest BCUT2D eigenvalue weighted by Crippen LogP contribution is 2.17. The van der Waals surface area contributed by atoms with Gasteiger partial charge in [0.05, 0.1) is 6.54 Å². The summed E-state index contributed by atoms with van der Waals surface area (Å²) in [6, 6.07) is 0.128. The molecular formula is C11H22F3N3. The molecule has 2 unspecified atom stereocenters. The van der Waals surface area contributed by atoms with Crippen molar-refractivity contribution in [2.24, 2.45) is 11.7 Å². The number of rotatable bonds is 4. The van der Waals surface area contributed by atoms with Crippen LogP contribution < -0.4 is 5.73 Å². The predicted octanol–water partition coefficient (Wildman–Crippen LogP) is 1.15. The molecule has 1 fully saturated rings. The molecule has 1 aliphatic heterocycles. The quantitative estimate of drug-likeness (QED) is 0.816. The van der Waals surface area contributed by atoms with Gasteiger partial charge in [0.15, 0.2) is 0 Å². The van der Waals surface area contributed by atoms with Crippen molar-refractivity contribution in [3.63, 3.8) is 0 Å². The van der Waals surface area contributed by atoms with E-state index in [9.17, 15) is 13.2 Å². The highest BCUT2D eigenvalue weighted by atomic mass is 19.4. The van der Waals surface area contributed by atoms with Crippen LogP contribution in [0.5, 0.6) is 0 Å². The molecule has 6 heteroatoms. The van der Waals surface area contributed by atoms with Crippen molar-refractivity contribution in [1.29, 1.82) is 0 Å². The number of nitrogens with zero attached hydrogens (tertiary/aromatic N) is 2. The lowest BCUT2D eigenvalue weighted by Crippen LogP contribution is -2.50. The van der Waals surface area contributed by atoms with Crippen LogP contribution in [0.4, 0.5) is 13.2 Å². The van der Waals surface area contributed by atoms with E-state index >= 15 is 0 Å². The van der Waals surface area contributed by atoms with Gasteiger partial charge < -0.3 is 10.6 Å². The summed E-state index contributed by atoms with van der Waals surface area (Å²) >= 11 is 0. The van der Waals surface area contributed by atoms with Gasteiger partial charge in [-0.15, -0.1) is 0 Å². The van der Waals surface area contributed by atoms with Crippen LogP contribution in [0.3, 0.4) is 0 Å². The first-order chi connectivity index (χ1) is 7.78. The van der Waals surface area contributed by atoms with Crippen molar-refractivity contribution in [3.8, 4) is 0 Å². The zero-order valence-corrected chi connectivity index (χ0v) is 10.5.